The summed E-state index contributed by atoms with van der Waals surface area (Å²) in [5.41, 5.74) is 0. The Morgan fingerprint density at radius 1 is 0.462 bits per heavy atom. The van der Waals surface area contributed by atoms with E-state index in [9.17, 15) is 0 Å². The lowest BCUT2D eigenvalue weighted by Crippen LogP contribution is -3.11. The van der Waals surface area contributed by atoms with E-state index >= 15 is 0 Å². The first-order valence-electron chi connectivity index (χ1n) is 10.3. The van der Waals surface area contributed by atoms with E-state index in [2.05, 4.69) is 62.3 Å². The maximum atomic E-state index is 8.66. The molecule has 0 radical (unpaired) electrons. The van der Waals surface area contributed by atoms with E-state index in [0.29, 0.717) is 0 Å². The van der Waals surface area contributed by atoms with Gasteiger partial charge in [-0.2, -0.15) is 0 Å². The van der Waals surface area contributed by atoms with Crippen LogP contribution in [-0.2, 0) is 0 Å². The molecule has 0 atom stereocenters. The van der Waals surface area contributed by atoms with E-state index in [4.69, 9.17) is 19.6 Å². The van der Waals surface area contributed by atoms with Crippen LogP contribution in [0.2, 0.25) is 0 Å². The second kappa shape index (κ2) is 25.1. The van der Waals surface area contributed by atoms with Crippen molar-refractivity contribution in [2.75, 3.05) is 58.9 Å². The molecule has 0 amide bonds. The van der Waals surface area contributed by atoms with E-state index in [1.54, 1.807) is 14.7 Å². The summed E-state index contributed by atoms with van der Waals surface area (Å²) in [7, 11) is -5.14. The Kier molecular flexibility index (Phi) is 32.6. The highest BCUT2D eigenvalue weighted by molar-refractivity contribution is 7.47. The average molecular weight is 403 g/mol. The van der Waals surface area contributed by atoms with Crippen LogP contribution in [0.1, 0.15) is 62.3 Å². The van der Waals surface area contributed by atoms with Gasteiger partial charge in [-0.1, -0.05) is 0 Å². The number of hydrogen-bond donors (Lipinski definition) is 4. The Hall–Kier alpha value is 0.150. The lowest BCUT2D eigenvalue weighted by atomic mass is 10.5. The molecule has 0 aliphatic rings. The third kappa shape index (κ3) is 39.3. The highest BCUT2D eigenvalue weighted by atomic mass is 31.2. The van der Waals surface area contributed by atoms with Crippen LogP contribution in [0.25, 0.3) is 0 Å². The van der Waals surface area contributed by atoms with Crippen LogP contribution in [0.15, 0.2) is 0 Å². The van der Waals surface area contributed by atoms with Crippen LogP contribution >= 0.6 is 8.17 Å². The van der Waals surface area contributed by atoms with Crippen molar-refractivity contribution in [1.29, 1.82) is 0 Å². The molecule has 0 saturated carbocycles. The van der Waals surface area contributed by atoms with Gasteiger partial charge in [0.1, 0.15) is 0 Å². The van der Waals surface area contributed by atoms with Gasteiger partial charge in [-0.05, 0) is 70.5 Å². The van der Waals surface area contributed by atoms with Gasteiger partial charge in [0.25, 0.3) is 0 Å². The molecule has 0 saturated heterocycles. The maximum absolute atomic E-state index is 8.66. The van der Waals surface area contributed by atoms with Crippen molar-refractivity contribution < 1.29 is 34.3 Å². The molecule has 0 aromatic rings. The molecule has 0 spiro atoms. The zero-order chi connectivity index (χ0) is 21.6. The van der Waals surface area contributed by atoms with E-state index in [0.717, 1.165) is 0 Å². The minimum Gasteiger partial charge on any atom is -0.663 e. The molecule has 4 N–H and O–H groups in total. The zero-order valence-electron chi connectivity index (χ0n) is 19.0. The Labute approximate surface area is 164 Å². The third-order valence-electron chi connectivity index (χ3n) is 4.50. The Bertz CT molecular complexity index is 182. The van der Waals surface area contributed by atoms with Crippen LogP contribution in [0.4, 0.5) is 0 Å². The molecule has 164 valence electrons. The van der Waals surface area contributed by atoms with E-state index < -0.39 is 8.17 Å². The monoisotopic (exact) mass is 402 g/mol. The molecule has 0 bridgehead atoms. The first kappa shape index (κ1) is 33.7. The largest absolute Gasteiger partial charge is 0.663 e. The molecule has 0 fully saturated rings. The summed E-state index contributed by atoms with van der Waals surface area (Å²) in [6.45, 7) is 31.5. The topological polar surface area (TPSA) is 103 Å². The fourth-order valence-electron chi connectivity index (χ4n) is 2.25. The Morgan fingerprint density at radius 2 is 0.538 bits per heavy atom. The van der Waals surface area contributed by atoms with Gasteiger partial charge < -0.3 is 29.4 Å². The second-order valence-corrected chi connectivity index (χ2v) is 6.84. The molecule has 0 aromatic heterocycles. The molecular formula is C18H49N3O4P+. The Balaban J connectivity index is -0.000000125. The van der Waals surface area contributed by atoms with Gasteiger partial charge in [-0.25, -0.2) is 0 Å². The van der Waals surface area contributed by atoms with Gasteiger partial charge in [0.2, 0.25) is 0 Å². The van der Waals surface area contributed by atoms with Gasteiger partial charge in [0, 0.05) is 0 Å². The number of quaternary nitrogens is 3. The molecule has 8 heteroatoms. The van der Waals surface area contributed by atoms with Gasteiger partial charge in [-0.15, -0.1) is 0 Å². The van der Waals surface area contributed by atoms with Crippen LogP contribution in [0, 0.1) is 0 Å². The van der Waals surface area contributed by atoms with Crippen molar-refractivity contribution in [2.45, 2.75) is 62.3 Å². The smallest absolute Gasteiger partial charge is 0.0742 e. The van der Waals surface area contributed by atoms with Crippen molar-refractivity contribution in [1.82, 2.24) is 0 Å². The van der Waals surface area contributed by atoms with Gasteiger partial charge in [0.15, 0.2) is 0 Å². The van der Waals surface area contributed by atoms with E-state index in [1.807, 2.05) is 0 Å². The van der Waals surface area contributed by atoms with Crippen LogP contribution in [0.3, 0.4) is 0 Å². The van der Waals surface area contributed by atoms with Crippen molar-refractivity contribution in [3.05, 3.63) is 0 Å². The summed E-state index contributed by atoms with van der Waals surface area (Å²) >= 11 is 0. The first-order chi connectivity index (χ1) is 12.0. The second-order valence-electron chi connectivity index (χ2n) is 5.90. The van der Waals surface area contributed by atoms with Crippen molar-refractivity contribution >= 4 is 8.17 Å². The summed E-state index contributed by atoms with van der Waals surface area (Å²) in [5, 5.41) is 0. The van der Waals surface area contributed by atoms with Crippen molar-refractivity contribution in [3.8, 4) is 0 Å². The summed E-state index contributed by atoms with van der Waals surface area (Å²) in [6.07, 6.45) is 0. The first-order valence-corrected chi connectivity index (χ1v) is 11.8. The average Bonchev–Trinajstić information content (AvgIpc) is 2.59. The van der Waals surface area contributed by atoms with Crippen LogP contribution in [-0.4, -0.2) is 63.8 Å². The number of nitrogens with one attached hydrogen (secondary N) is 3. The molecule has 0 aliphatic heterocycles. The highest BCUT2D eigenvalue weighted by Crippen LogP contribution is 2.16. The number of phosphoric acid groups is 1. The fourth-order valence-corrected chi connectivity index (χ4v) is 2.25. The molecule has 0 unspecified atom stereocenters. The van der Waals surface area contributed by atoms with Crippen molar-refractivity contribution in [3.63, 3.8) is 0 Å². The summed E-state index contributed by atoms with van der Waals surface area (Å²) in [4.78, 5) is 38.0. The standard InChI is InChI=1S/3C6H15N.H3O4P/c3*1-4-7(5-2)6-3;1-5(2,3)4/h3*4-6H2,1-3H3;(H3,1,2,3,4)/p+1. The number of rotatable bonds is 9. The third-order valence-corrected chi connectivity index (χ3v) is 4.50. The lowest BCUT2D eigenvalue weighted by molar-refractivity contribution is -0.894. The summed E-state index contributed by atoms with van der Waals surface area (Å²) < 4.78 is 0. The zero-order valence-corrected chi connectivity index (χ0v) is 19.9. The SMILES string of the molecule is CC[NH+](CC)CC.CC[NH+](CC)CC.CC[NH+](CC)CC.[O-][P+]([O-])([O-])O. The summed E-state index contributed by atoms with van der Waals surface area (Å²) in [6, 6.07) is 0. The van der Waals surface area contributed by atoms with E-state index in [1.165, 1.54) is 58.9 Å². The minimum absolute atomic E-state index is 1.27. The minimum atomic E-state index is -5.14. The lowest BCUT2D eigenvalue weighted by Gasteiger charge is -2.31. The molecule has 0 aromatic carbocycles. The maximum Gasteiger partial charge on any atom is 0.0742 e. The molecule has 0 aliphatic carbocycles. The molecule has 0 heterocycles. The number of hydrogen-bond acceptors (Lipinski definition) is 4. The Morgan fingerprint density at radius 3 is 0.538 bits per heavy atom. The molecule has 7 nitrogen and oxygen atoms in total. The molecular weight excluding hydrogens is 353 g/mol. The molecule has 0 rings (SSSR count). The predicted molar refractivity (Wildman–Crippen MR) is 107 cm³/mol. The normalized spacial score (nSPS) is 10.6. The quantitative estimate of drug-likeness (QED) is 0.301. The van der Waals surface area contributed by atoms with Crippen molar-refractivity contribution in [2.24, 2.45) is 0 Å². The van der Waals surface area contributed by atoms with Gasteiger partial charge >= 0.3 is 0 Å². The van der Waals surface area contributed by atoms with E-state index in [-0.39, 0.29) is 0 Å². The van der Waals surface area contributed by atoms with Crippen LogP contribution in [0.5, 0.6) is 0 Å². The predicted octanol–water partition coefficient (Wildman–Crippen LogP) is -3.47. The van der Waals surface area contributed by atoms with Gasteiger partial charge in [-0.3, -0.25) is 4.89 Å². The molecule has 26 heavy (non-hydrogen) atoms. The highest BCUT2D eigenvalue weighted by Gasteiger charge is 1.94. The fraction of sp³-hybridized carbons (Fsp3) is 1.00. The van der Waals surface area contributed by atoms with Crippen LogP contribution < -0.4 is 29.4 Å². The summed E-state index contributed by atoms with van der Waals surface area (Å²) in [5.74, 6) is 0. The van der Waals surface area contributed by atoms with Gasteiger partial charge in [0.05, 0.1) is 58.9 Å².